The van der Waals surface area contributed by atoms with Crippen LogP contribution >= 0.6 is 11.3 Å². The minimum Gasteiger partial charge on any atom is -0.469 e. The van der Waals surface area contributed by atoms with Crippen LogP contribution in [0.4, 0.5) is 0 Å². The number of fused-ring (bicyclic) bond motifs is 1. The molecule has 0 radical (unpaired) electrons. The fourth-order valence-corrected chi connectivity index (χ4v) is 3.13. The molecule has 90 valence electrons. The van der Waals surface area contributed by atoms with Crippen LogP contribution < -0.4 is 5.32 Å². The maximum Gasteiger partial charge on any atom is 0.108 e. The van der Waals surface area contributed by atoms with E-state index >= 15 is 0 Å². The van der Waals surface area contributed by atoms with Gasteiger partial charge in [0.2, 0.25) is 0 Å². The predicted octanol–water partition coefficient (Wildman–Crippen LogP) is 3.21. The van der Waals surface area contributed by atoms with Gasteiger partial charge < -0.3 is 9.73 Å². The van der Waals surface area contributed by atoms with Crippen LogP contribution in [0.3, 0.4) is 0 Å². The van der Waals surface area contributed by atoms with Crippen LogP contribution in [0.25, 0.3) is 0 Å². The number of hydrogen-bond acceptors (Lipinski definition) is 4. The third-order valence-electron chi connectivity index (χ3n) is 3.22. The second kappa shape index (κ2) is 4.63. The molecule has 1 aliphatic rings. The van der Waals surface area contributed by atoms with E-state index in [1.807, 2.05) is 6.20 Å². The van der Waals surface area contributed by atoms with Gasteiger partial charge in [0.1, 0.15) is 10.8 Å². The Labute approximate surface area is 105 Å². The number of furan rings is 1. The van der Waals surface area contributed by atoms with Crippen molar-refractivity contribution in [3.05, 3.63) is 39.7 Å². The molecule has 0 aromatic carbocycles. The summed E-state index contributed by atoms with van der Waals surface area (Å²) in [6, 6.07) is 2.53. The van der Waals surface area contributed by atoms with Crippen molar-refractivity contribution in [1.82, 2.24) is 10.3 Å². The summed E-state index contributed by atoms with van der Waals surface area (Å²) in [5, 5.41) is 4.75. The zero-order valence-electron chi connectivity index (χ0n) is 9.90. The largest absolute Gasteiger partial charge is 0.469 e. The van der Waals surface area contributed by atoms with Crippen molar-refractivity contribution in [2.24, 2.45) is 0 Å². The summed E-state index contributed by atoms with van der Waals surface area (Å²) in [6.45, 7) is 2.95. The predicted molar refractivity (Wildman–Crippen MR) is 68.1 cm³/mol. The van der Waals surface area contributed by atoms with E-state index in [0.29, 0.717) is 6.04 Å². The Morgan fingerprint density at radius 1 is 1.59 bits per heavy atom. The lowest BCUT2D eigenvalue weighted by molar-refractivity contribution is 0.410. The summed E-state index contributed by atoms with van der Waals surface area (Å²) >= 11 is 1.76. The third-order valence-corrected chi connectivity index (χ3v) is 4.13. The lowest BCUT2D eigenvalue weighted by Crippen LogP contribution is -2.23. The van der Waals surface area contributed by atoms with Crippen LogP contribution in [0.15, 0.2) is 22.9 Å². The molecule has 1 unspecified atom stereocenters. The Kier molecular flexibility index (Phi) is 2.99. The first kappa shape index (κ1) is 11.0. The summed E-state index contributed by atoms with van der Waals surface area (Å²) in [6.07, 6.45) is 7.22. The van der Waals surface area contributed by atoms with E-state index in [-0.39, 0.29) is 0 Å². The van der Waals surface area contributed by atoms with E-state index in [0.717, 1.165) is 23.7 Å². The fourth-order valence-electron chi connectivity index (χ4n) is 2.39. The molecule has 0 saturated heterocycles. The van der Waals surface area contributed by atoms with E-state index < -0.39 is 0 Å². The first-order valence-electron chi connectivity index (χ1n) is 6.04. The molecule has 2 aromatic rings. The van der Waals surface area contributed by atoms with Gasteiger partial charge in [0.25, 0.3) is 0 Å². The maximum atomic E-state index is 5.49. The summed E-state index contributed by atoms with van der Waals surface area (Å²) in [7, 11) is 0. The van der Waals surface area contributed by atoms with E-state index in [9.17, 15) is 0 Å². The molecular formula is C13H16N2OS. The average Bonchev–Trinajstić information content (AvgIpc) is 2.94. The molecule has 2 aromatic heterocycles. The van der Waals surface area contributed by atoms with Gasteiger partial charge in [-0.2, -0.15) is 0 Å². The van der Waals surface area contributed by atoms with Crippen molar-refractivity contribution in [1.29, 1.82) is 0 Å². The summed E-state index contributed by atoms with van der Waals surface area (Å²) < 4.78 is 5.49. The number of aromatic nitrogens is 1. The second-order valence-corrected chi connectivity index (χ2v) is 5.81. The molecule has 0 fully saturated rings. The maximum absolute atomic E-state index is 5.49. The van der Waals surface area contributed by atoms with Gasteiger partial charge in [-0.15, -0.1) is 11.3 Å². The van der Waals surface area contributed by atoms with E-state index in [4.69, 9.17) is 4.42 Å². The Hall–Kier alpha value is -1.13. The Bertz CT molecular complexity index is 503. The number of hydrogen-bond donors (Lipinski definition) is 1. The topological polar surface area (TPSA) is 38.1 Å². The molecule has 3 nitrogen and oxygen atoms in total. The lowest BCUT2D eigenvalue weighted by atomic mass is 9.93. The minimum atomic E-state index is 0.432. The van der Waals surface area contributed by atoms with Gasteiger partial charge in [-0.25, -0.2) is 4.98 Å². The molecule has 0 spiro atoms. The van der Waals surface area contributed by atoms with Gasteiger partial charge in [0, 0.05) is 35.6 Å². The molecule has 1 atom stereocenters. The monoisotopic (exact) mass is 248 g/mol. The van der Waals surface area contributed by atoms with Gasteiger partial charge in [-0.05, 0) is 25.8 Å². The molecule has 1 N–H and O–H groups in total. The zero-order chi connectivity index (χ0) is 11.7. The highest BCUT2D eigenvalue weighted by Gasteiger charge is 2.22. The smallest absolute Gasteiger partial charge is 0.108 e. The van der Waals surface area contributed by atoms with Gasteiger partial charge in [-0.1, -0.05) is 0 Å². The van der Waals surface area contributed by atoms with Gasteiger partial charge in [0.05, 0.1) is 6.26 Å². The van der Waals surface area contributed by atoms with Crippen molar-refractivity contribution in [3.63, 3.8) is 0 Å². The van der Waals surface area contributed by atoms with Gasteiger partial charge >= 0.3 is 0 Å². The molecule has 0 bridgehead atoms. The van der Waals surface area contributed by atoms with Crippen LogP contribution in [-0.4, -0.2) is 4.98 Å². The van der Waals surface area contributed by atoms with Crippen LogP contribution in [-0.2, 0) is 13.0 Å². The van der Waals surface area contributed by atoms with Gasteiger partial charge in [0.15, 0.2) is 0 Å². The highest BCUT2D eigenvalue weighted by atomic mass is 32.1. The summed E-state index contributed by atoms with van der Waals surface area (Å²) in [5.41, 5.74) is 1.34. The van der Waals surface area contributed by atoms with Crippen molar-refractivity contribution < 1.29 is 4.42 Å². The van der Waals surface area contributed by atoms with E-state index in [2.05, 4.69) is 23.3 Å². The van der Waals surface area contributed by atoms with Crippen LogP contribution in [0, 0.1) is 6.92 Å². The SMILES string of the molecule is Cc1cnc(CNC2CCCc3occc32)s1. The highest BCUT2D eigenvalue weighted by Crippen LogP contribution is 2.30. The quantitative estimate of drug-likeness (QED) is 0.906. The normalized spacial score (nSPS) is 19.2. The van der Waals surface area contributed by atoms with E-state index in [1.165, 1.54) is 23.3 Å². The fraction of sp³-hybridized carbons (Fsp3) is 0.462. The molecule has 4 heteroatoms. The molecule has 0 saturated carbocycles. The molecule has 1 aliphatic carbocycles. The minimum absolute atomic E-state index is 0.432. The Morgan fingerprint density at radius 3 is 3.35 bits per heavy atom. The Morgan fingerprint density at radius 2 is 2.53 bits per heavy atom. The van der Waals surface area contributed by atoms with Gasteiger partial charge in [-0.3, -0.25) is 0 Å². The molecular weight excluding hydrogens is 232 g/mol. The van der Waals surface area contributed by atoms with Crippen molar-refractivity contribution in [3.8, 4) is 0 Å². The number of thiazole rings is 1. The average molecular weight is 248 g/mol. The van der Waals surface area contributed by atoms with E-state index in [1.54, 1.807) is 17.6 Å². The molecule has 0 amide bonds. The van der Waals surface area contributed by atoms with Crippen LogP contribution in [0.2, 0.25) is 0 Å². The number of nitrogens with zero attached hydrogens (tertiary/aromatic N) is 1. The number of aryl methyl sites for hydroxylation is 2. The second-order valence-electron chi connectivity index (χ2n) is 4.49. The molecule has 2 heterocycles. The van der Waals surface area contributed by atoms with Crippen molar-refractivity contribution in [2.45, 2.75) is 38.8 Å². The van der Waals surface area contributed by atoms with Crippen molar-refractivity contribution >= 4 is 11.3 Å². The first-order chi connectivity index (χ1) is 8.33. The zero-order valence-corrected chi connectivity index (χ0v) is 10.7. The number of rotatable bonds is 3. The van der Waals surface area contributed by atoms with Crippen LogP contribution in [0.5, 0.6) is 0 Å². The third kappa shape index (κ3) is 2.28. The lowest BCUT2D eigenvalue weighted by Gasteiger charge is -2.22. The number of nitrogens with one attached hydrogen (secondary N) is 1. The Balaban J connectivity index is 1.67. The first-order valence-corrected chi connectivity index (χ1v) is 6.85. The van der Waals surface area contributed by atoms with Crippen LogP contribution in [0.1, 0.15) is 40.1 Å². The standard InChI is InChI=1S/C13H16N2OS/c1-9-7-15-13(17-9)8-14-11-3-2-4-12-10(11)5-6-16-12/h5-7,11,14H,2-4,8H2,1H3. The summed E-state index contributed by atoms with van der Waals surface area (Å²) in [4.78, 5) is 5.65. The molecule has 17 heavy (non-hydrogen) atoms. The highest BCUT2D eigenvalue weighted by molar-refractivity contribution is 7.11. The molecule has 3 rings (SSSR count). The van der Waals surface area contributed by atoms with Crippen molar-refractivity contribution in [2.75, 3.05) is 0 Å². The summed E-state index contributed by atoms with van der Waals surface area (Å²) in [5.74, 6) is 1.16. The molecule has 0 aliphatic heterocycles.